The van der Waals surface area contributed by atoms with Crippen molar-refractivity contribution in [2.24, 2.45) is 11.7 Å². The first-order chi connectivity index (χ1) is 8.86. The number of nitrogens with two attached hydrogens (primary N) is 1. The first-order valence-corrected chi connectivity index (χ1v) is 6.62. The number of fused-ring (bicyclic) bond motifs is 1. The molecule has 3 heteroatoms. The van der Waals surface area contributed by atoms with E-state index in [2.05, 4.69) is 34.1 Å². The molecule has 1 unspecified atom stereocenters. The third-order valence-corrected chi connectivity index (χ3v) is 3.84. The zero-order valence-electron chi connectivity index (χ0n) is 10.5. The second-order valence-electron chi connectivity index (χ2n) is 5.11. The Morgan fingerprint density at radius 2 is 2.17 bits per heavy atom. The van der Waals surface area contributed by atoms with E-state index in [1.54, 1.807) is 0 Å². The van der Waals surface area contributed by atoms with Crippen molar-refractivity contribution in [3.8, 4) is 0 Å². The maximum absolute atomic E-state index is 5.74. The van der Waals surface area contributed by atoms with Crippen LogP contribution in [0.25, 0.3) is 10.9 Å². The van der Waals surface area contributed by atoms with Crippen LogP contribution in [-0.2, 0) is 6.54 Å². The summed E-state index contributed by atoms with van der Waals surface area (Å²) in [5, 5.41) is 1.27. The molecule has 2 heterocycles. The molecule has 0 aliphatic carbocycles. The van der Waals surface area contributed by atoms with Crippen molar-refractivity contribution < 1.29 is 0 Å². The van der Waals surface area contributed by atoms with E-state index in [0.717, 1.165) is 25.2 Å². The fraction of sp³-hybridized carbons (Fsp3) is 0.400. The summed E-state index contributed by atoms with van der Waals surface area (Å²) in [7, 11) is 0. The van der Waals surface area contributed by atoms with Gasteiger partial charge in [-0.15, -0.1) is 0 Å². The topological polar surface area (TPSA) is 42.1 Å². The lowest BCUT2D eigenvalue weighted by Crippen LogP contribution is -2.22. The van der Waals surface area contributed by atoms with Crippen LogP contribution in [0.4, 0.5) is 0 Å². The van der Waals surface area contributed by atoms with E-state index in [-0.39, 0.29) is 0 Å². The molecule has 0 bridgehead atoms. The van der Waals surface area contributed by atoms with Gasteiger partial charge < -0.3 is 5.73 Å². The Balaban J connectivity index is 1.83. The van der Waals surface area contributed by atoms with Crippen LogP contribution < -0.4 is 5.73 Å². The van der Waals surface area contributed by atoms with Gasteiger partial charge in [0.25, 0.3) is 0 Å². The summed E-state index contributed by atoms with van der Waals surface area (Å²) < 4.78 is 0. The minimum atomic E-state index is 0.679. The fourth-order valence-corrected chi connectivity index (χ4v) is 2.78. The van der Waals surface area contributed by atoms with Crippen LogP contribution in [0, 0.1) is 5.92 Å². The summed E-state index contributed by atoms with van der Waals surface area (Å²) in [6, 6.07) is 10.5. The molecule has 1 saturated heterocycles. The third-order valence-electron chi connectivity index (χ3n) is 3.84. The molecule has 0 radical (unpaired) electrons. The fourth-order valence-electron chi connectivity index (χ4n) is 2.78. The number of hydrogen-bond donors (Lipinski definition) is 1. The molecule has 1 aliphatic rings. The van der Waals surface area contributed by atoms with Crippen molar-refractivity contribution >= 4 is 10.9 Å². The molecule has 1 aliphatic heterocycles. The molecule has 2 aromatic rings. The van der Waals surface area contributed by atoms with Gasteiger partial charge in [-0.05, 0) is 43.1 Å². The van der Waals surface area contributed by atoms with E-state index in [0.29, 0.717) is 5.92 Å². The molecule has 1 aromatic heterocycles. The van der Waals surface area contributed by atoms with Gasteiger partial charge in [-0.3, -0.25) is 9.88 Å². The van der Waals surface area contributed by atoms with Gasteiger partial charge in [0.15, 0.2) is 0 Å². The summed E-state index contributed by atoms with van der Waals surface area (Å²) in [6.45, 7) is 4.12. The highest BCUT2D eigenvalue weighted by atomic mass is 15.1. The number of benzene rings is 1. The van der Waals surface area contributed by atoms with Gasteiger partial charge in [-0.25, -0.2) is 0 Å². The molecule has 94 valence electrons. The number of rotatable bonds is 3. The molecule has 1 fully saturated rings. The first-order valence-electron chi connectivity index (χ1n) is 6.62. The second-order valence-corrected chi connectivity index (χ2v) is 5.11. The first kappa shape index (κ1) is 11.6. The summed E-state index contributed by atoms with van der Waals surface area (Å²) >= 11 is 0. The highest BCUT2D eigenvalue weighted by Crippen LogP contribution is 2.21. The Morgan fingerprint density at radius 3 is 3.00 bits per heavy atom. The molecule has 2 N–H and O–H groups in total. The van der Waals surface area contributed by atoms with E-state index < -0.39 is 0 Å². The van der Waals surface area contributed by atoms with Crippen LogP contribution in [0.1, 0.15) is 12.0 Å². The molecule has 1 aromatic carbocycles. The predicted octanol–water partition coefficient (Wildman–Crippen LogP) is 2.02. The van der Waals surface area contributed by atoms with Gasteiger partial charge in [0, 0.05) is 24.7 Å². The smallest absolute Gasteiger partial charge is 0.0705 e. The molecule has 3 rings (SSSR count). The Labute approximate surface area is 108 Å². The van der Waals surface area contributed by atoms with Crippen molar-refractivity contribution in [3.05, 3.63) is 42.1 Å². The molecular weight excluding hydrogens is 222 g/mol. The highest BCUT2D eigenvalue weighted by molar-refractivity contribution is 5.81. The van der Waals surface area contributed by atoms with E-state index >= 15 is 0 Å². The van der Waals surface area contributed by atoms with Gasteiger partial charge in [0.2, 0.25) is 0 Å². The lowest BCUT2D eigenvalue weighted by atomic mass is 10.1. The van der Waals surface area contributed by atoms with E-state index in [1.807, 2.05) is 12.3 Å². The Bertz CT molecular complexity index is 533. The van der Waals surface area contributed by atoms with Crippen LogP contribution in [0.15, 0.2) is 36.5 Å². The number of pyridine rings is 1. The quantitative estimate of drug-likeness (QED) is 0.894. The summed E-state index contributed by atoms with van der Waals surface area (Å²) in [6.07, 6.45) is 3.15. The van der Waals surface area contributed by atoms with Crippen LogP contribution in [-0.4, -0.2) is 29.5 Å². The molecule has 0 saturated carbocycles. The molecular formula is C15H19N3. The van der Waals surface area contributed by atoms with Crippen LogP contribution in [0.3, 0.4) is 0 Å². The van der Waals surface area contributed by atoms with Gasteiger partial charge in [-0.1, -0.05) is 18.2 Å². The Kier molecular flexibility index (Phi) is 3.26. The zero-order chi connectivity index (χ0) is 12.4. The average molecular weight is 241 g/mol. The van der Waals surface area contributed by atoms with Crippen LogP contribution in [0.2, 0.25) is 0 Å². The molecule has 0 spiro atoms. The third kappa shape index (κ3) is 2.24. The van der Waals surface area contributed by atoms with Gasteiger partial charge >= 0.3 is 0 Å². The predicted molar refractivity (Wildman–Crippen MR) is 74.2 cm³/mol. The van der Waals surface area contributed by atoms with E-state index in [1.165, 1.54) is 23.9 Å². The highest BCUT2D eigenvalue weighted by Gasteiger charge is 2.21. The van der Waals surface area contributed by atoms with Crippen LogP contribution >= 0.6 is 0 Å². The molecule has 0 amide bonds. The maximum atomic E-state index is 5.74. The van der Waals surface area contributed by atoms with Gasteiger partial charge in [0.05, 0.1) is 5.52 Å². The largest absolute Gasteiger partial charge is 0.330 e. The second kappa shape index (κ2) is 5.04. The van der Waals surface area contributed by atoms with Gasteiger partial charge in [-0.2, -0.15) is 0 Å². The number of likely N-dealkylation sites (tertiary alicyclic amines) is 1. The van der Waals surface area contributed by atoms with Gasteiger partial charge in [0.1, 0.15) is 0 Å². The Morgan fingerprint density at radius 1 is 1.28 bits per heavy atom. The monoisotopic (exact) mass is 241 g/mol. The maximum Gasteiger partial charge on any atom is 0.0705 e. The minimum Gasteiger partial charge on any atom is -0.330 e. The minimum absolute atomic E-state index is 0.679. The van der Waals surface area contributed by atoms with Crippen LogP contribution in [0.5, 0.6) is 0 Å². The molecule has 3 nitrogen and oxygen atoms in total. The van der Waals surface area contributed by atoms with E-state index in [4.69, 9.17) is 5.73 Å². The SMILES string of the molecule is NCC1CCN(Cc2ccnc3ccccc23)C1. The Hall–Kier alpha value is -1.45. The average Bonchev–Trinajstić information content (AvgIpc) is 2.87. The summed E-state index contributed by atoms with van der Waals surface area (Å²) in [5.41, 5.74) is 8.20. The standard InChI is InChI=1S/C15H19N3/c16-9-12-6-8-18(10-12)11-13-5-7-17-15-4-2-1-3-14(13)15/h1-5,7,12H,6,8-11,16H2. The number of para-hydroxylation sites is 1. The van der Waals surface area contributed by atoms with Crippen molar-refractivity contribution in [3.63, 3.8) is 0 Å². The normalized spacial score (nSPS) is 20.6. The van der Waals surface area contributed by atoms with Crippen molar-refractivity contribution in [2.45, 2.75) is 13.0 Å². The summed E-state index contributed by atoms with van der Waals surface area (Å²) in [5.74, 6) is 0.679. The zero-order valence-corrected chi connectivity index (χ0v) is 10.5. The van der Waals surface area contributed by atoms with Crippen molar-refractivity contribution in [1.29, 1.82) is 0 Å². The number of aromatic nitrogens is 1. The van der Waals surface area contributed by atoms with Crippen molar-refractivity contribution in [1.82, 2.24) is 9.88 Å². The van der Waals surface area contributed by atoms with E-state index in [9.17, 15) is 0 Å². The number of nitrogens with zero attached hydrogens (tertiary/aromatic N) is 2. The lowest BCUT2D eigenvalue weighted by Gasteiger charge is -2.16. The lowest BCUT2D eigenvalue weighted by molar-refractivity contribution is 0.319. The molecule has 1 atom stereocenters. The van der Waals surface area contributed by atoms with Crippen molar-refractivity contribution in [2.75, 3.05) is 19.6 Å². The molecule has 18 heavy (non-hydrogen) atoms. The number of hydrogen-bond acceptors (Lipinski definition) is 3. The summed E-state index contributed by atoms with van der Waals surface area (Å²) in [4.78, 5) is 6.91.